The molecule has 3 aliphatic rings. The van der Waals surface area contributed by atoms with Crippen molar-refractivity contribution in [1.82, 2.24) is 5.32 Å². The lowest BCUT2D eigenvalue weighted by molar-refractivity contribution is 0.381. The van der Waals surface area contributed by atoms with Crippen molar-refractivity contribution in [2.75, 3.05) is 13.1 Å². The number of rotatable bonds is 1. The second-order valence-electron chi connectivity index (χ2n) is 5.14. The first kappa shape index (κ1) is 7.37. The van der Waals surface area contributed by atoms with Crippen molar-refractivity contribution in [3.8, 4) is 0 Å². The summed E-state index contributed by atoms with van der Waals surface area (Å²) in [4.78, 5) is 0. The summed E-state index contributed by atoms with van der Waals surface area (Å²) in [5, 5.41) is 3.53. The summed E-state index contributed by atoms with van der Waals surface area (Å²) >= 11 is 0. The van der Waals surface area contributed by atoms with Gasteiger partial charge in [0, 0.05) is 6.54 Å². The average molecular weight is 165 g/mol. The van der Waals surface area contributed by atoms with Gasteiger partial charge in [0.15, 0.2) is 0 Å². The molecule has 3 rings (SSSR count). The van der Waals surface area contributed by atoms with Crippen LogP contribution in [0.25, 0.3) is 0 Å². The Hall–Kier alpha value is -0.0400. The van der Waals surface area contributed by atoms with E-state index in [2.05, 4.69) is 5.32 Å². The van der Waals surface area contributed by atoms with Crippen LogP contribution < -0.4 is 5.32 Å². The smallest absolute Gasteiger partial charge is 0.00112 e. The maximum Gasteiger partial charge on any atom is 0.00112 e. The monoisotopic (exact) mass is 165 g/mol. The highest BCUT2D eigenvalue weighted by Gasteiger charge is 2.57. The van der Waals surface area contributed by atoms with Gasteiger partial charge < -0.3 is 5.32 Å². The minimum atomic E-state index is 0.814. The summed E-state index contributed by atoms with van der Waals surface area (Å²) in [6, 6.07) is 0. The fraction of sp³-hybridized carbons (Fsp3) is 1.00. The molecule has 2 aliphatic carbocycles. The average Bonchev–Trinajstić information content (AvgIpc) is 2.58. The molecule has 68 valence electrons. The minimum absolute atomic E-state index is 0.814. The van der Waals surface area contributed by atoms with E-state index in [1.165, 1.54) is 32.4 Å². The third-order valence-corrected chi connectivity index (χ3v) is 4.50. The highest BCUT2D eigenvalue weighted by Crippen LogP contribution is 2.62. The topological polar surface area (TPSA) is 12.0 Å². The van der Waals surface area contributed by atoms with E-state index in [0.29, 0.717) is 0 Å². The molecule has 2 unspecified atom stereocenters. The lowest BCUT2D eigenvalue weighted by Gasteiger charge is -2.12. The van der Waals surface area contributed by atoms with Crippen molar-refractivity contribution in [3.05, 3.63) is 0 Å². The quantitative estimate of drug-likeness (QED) is 0.628. The molecule has 0 radical (unpaired) electrons. The van der Waals surface area contributed by atoms with Crippen LogP contribution in [0.3, 0.4) is 0 Å². The predicted molar refractivity (Wildman–Crippen MR) is 50.0 cm³/mol. The number of hydrogen-bond acceptors (Lipinski definition) is 1. The standard InChI is InChI=1S/C11H19N/c1-2-4-9(3-1)10-7-11(10)5-6-12-8-11/h9-10,12H,1-8H2. The molecule has 2 saturated carbocycles. The summed E-state index contributed by atoms with van der Waals surface area (Å²) in [7, 11) is 0. The highest BCUT2D eigenvalue weighted by molar-refractivity contribution is 5.09. The molecule has 1 aliphatic heterocycles. The lowest BCUT2D eigenvalue weighted by Crippen LogP contribution is -2.13. The SMILES string of the molecule is C1CCC(C2CC23CCNC3)C1. The molecule has 2 atom stereocenters. The van der Waals surface area contributed by atoms with Crippen LogP contribution in [0.2, 0.25) is 0 Å². The number of hydrogen-bond donors (Lipinski definition) is 1. The van der Waals surface area contributed by atoms with Crippen molar-refractivity contribution >= 4 is 0 Å². The molecule has 3 fully saturated rings. The van der Waals surface area contributed by atoms with Crippen molar-refractivity contribution in [1.29, 1.82) is 0 Å². The summed E-state index contributed by atoms with van der Waals surface area (Å²) < 4.78 is 0. The Balaban J connectivity index is 1.66. The Bertz CT molecular complexity index is 175. The van der Waals surface area contributed by atoms with Gasteiger partial charge in [-0.1, -0.05) is 25.7 Å². The molecule has 0 aromatic carbocycles. The Kier molecular flexibility index (Phi) is 1.52. The van der Waals surface area contributed by atoms with Crippen LogP contribution in [0, 0.1) is 17.3 Å². The fourth-order valence-electron chi connectivity index (χ4n) is 3.66. The van der Waals surface area contributed by atoms with Crippen LogP contribution in [-0.2, 0) is 0 Å². The molecule has 0 aromatic rings. The van der Waals surface area contributed by atoms with E-state index < -0.39 is 0 Å². The molecule has 0 aromatic heterocycles. The minimum Gasteiger partial charge on any atom is -0.316 e. The second kappa shape index (κ2) is 2.47. The van der Waals surface area contributed by atoms with E-state index in [1.54, 1.807) is 19.3 Å². The van der Waals surface area contributed by atoms with Gasteiger partial charge in [-0.3, -0.25) is 0 Å². The Labute approximate surface area is 74.9 Å². The van der Waals surface area contributed by atoms with E-state index in [0.717, 1.165) is 17.3 Å². The van der Waals surface area contributed by atoms with Gasteiger partial charge in [-0.05, 0) is 36.6 Å². The van der Waals surface area contributed by atoms with Crippen molar-refractivity contribution < 1.29 is 0 Å². The first-order valence-corrected chi connectivity index (χ1v) is 5.61. The van der Waals surface area contributed by atoms with Crippen LogP contribution >= 0.6 is 0 Å². The summed E-state index contributed by atoms with van der Waals surface area (Å²) in [6.07, 6.45) is 9.17. The Morgan fingerprint density at radius 3 is 2.67 bits per heavy atom. The molecule has 1 N–H and O–H groups in total. The van der Waals surface area contributed by atoms with E-state index in [9.17, 15) is 0 Å². The van der Waals surface area contributed by atoms with Crippen molar-refractivity contribution in [2.45, 2.75) is 38.5 Å². The van der Waals surface area contributed by atoms with Gasteiger partial charge in [-0.2, -0.15) is 0 Å². The van der Waals surface area contributed by atoms with Crippen molar-refractivity contribution in [2.24, 2.45) is 17.3 Å². The van der Waals surface area contributed by atoms with Gasteiger partial charge >= 0.3 is 0 Å². The summed E-state index contributed by atoms with van der Waals surface area (Å²) in [5.41, 5.74) is 0.814. The molecular weight excluding hydrogens is 146 g/mol. The first-order chi connectivity index (χ1) is 5.91. The molecule has 0 amide bonds. The lowest BCUT2D eigenvalue weighted by atomic mass is 9.93. The second-order valence-corrected chi connectivity index (χ2v) is 5.14. The zero-order valence-electron chi connectivity index (χ0n) is 7.81. The fourth-order valence-corrected chi connectivity index (χ4v) is 3.66. The molecule has 12 heavy (non-hydrogen) atoms. The summed E-state index contributed by atoms with van der Waals surface area (Å²) in [6.45, 7) is 2.64. The van der Waals surface area contributed by atoms with Crippen LogP contribution in [0.5, 0.6) is 0 Å². The molecule has 1 spiro atoms. The van der Waals surface area contributed by atoms with E-state index in [4.69, 9.17) is 0 Å². The predicted octanol–water partition coefficient (Wildman–Crippen LogP) is 2.18. The van der Waals surface area contributed by atoms with Gasteiger partial charge in [-0.25, -0.2) is 0 Å². The van der Waals surface area contributed by atoms with Crippen molar-refractivity contribution in [3.63, 3.8) is 0 Å². The maximum atomic E-state index is 3.53. The van der Waals surface area contributed by atoms with E-state index in [1.807, 2.05) is 0 Å². The number of nitrogens with one attached hydrogen (secondary N) is 1. The highest BCUT2D eigenvalue weighted by atomic mass is 15.0. The van der Waals surface area contributed by atoms with Crippen LogP contribution in [0.4, 0.5) is 0 Å². The molecule has 1 heteroatoms. The zero-order chi connectivity index (χ0) is 8.02. The van der Waals surface area contributed by atoms with Gasteiger partial charge in [0.2, 0.25) is 0 Å². The molecule has 1 nitrogen and oxygen atoms in total. The normalized spacial score (nSPS) is 47.5. The Morgan fingerprint density at radius 2 is 2.00 bits per heavy atom. The largest absolute Gasteiger partial charge is 0.316 e. The third-order valence-electron chi connectivity index (χ3n) is 4.50. The molecule has 1 heterocycles. The first-order valence-electron chi connectivity index (χ1n) is 5.61. The van der Waals surface area contributed by atoms with E-state index in [-0.39, 0.29) is 0 Å². The molecular formula is C11H19N. The summed E-state index contributed by atoms with van der Waals surface area (Å²) in [5.74, 6) is 2.26. The zero-order valence-corrected chi connectivity index (χ0v) is 7.81. The van der Waals surface area contributed by atoms with Crippen LogP contribution in [0.15, 0.2) is 0 Å². The molecule has 1 saturated heterocycles. The molecule has 0 bridgehead atoms. The van der Waals surface area contributed by atoms with E-state index >= 15 is 0 Å². The van der Waals surface area contributed by atoms with Crippen LogP contribution in [0.1, 0.15) is 38.5 Å². The van der Waals surface area contributed by atoms with Gasteiger partial charge in [0.25, 0.3) is 0 Å². The van der Waals surface area contributed by atoms with Gasteiger partial charge in [-0.15, -0.1) is 0 Å². The van der Waals surface area contributed by atoms with Crippen LogP contribution in [-0.4, -0.2) is 13.1 Å². The van der Waals surface area contributed by atoms with Gasteiger partial charge in [0.05, 0.1) is 0 Å². The maximum absolute atomic E-state index is 3.53. The van der Waals surface area contributed by atoms with Gasteiger partial charge in [0.1, 0.15) is 0 Å². The third kappa shape index (κ3) is 0.953. The Morgan fingerprint density at radius 1 is 1.17 bits per heavy atom.